The monoisotopic (exact) mass is 309 g/mol. The maximum absolute atomic E-state index is 10.1. The zero-order valence-corrected chi connectivity index (χ0v) is 13.2. The molecule has 0 saturated carbocycles. The number of benzene rings is 1. The Hall–Kier alpha value is -1.56. The summed E-state index contributed by atoms with van der Waals surface area (Å²) >= 11 is 5.83. The minimum atomic E-state index is -0.578. The smallest absolute Gasteiger partial charge is 0.216 e. The van der Waals surface area contributed by atoms with E-state index in [1.807, 2.05) is 26.1 Å². The lowest BCUT2D eigenvalue weighted by atomic mass is 10.1. The van der Waals surface area contributed by atoms with E-state index in [9.17, 15) is 5.11 Å². The molecule has 6 heteroatoms. The summed E-state index contributed by atoms with van der Waals surface area (Å²) in [6.07, 6.45) is -0.578. The molecular weight excluding hydrogens is 290 g/mol. The van der Waals surface area contributed by atoms with Crippen molar-refractivity contribution in [2.75, 3.05) is 13.7 Å². The number of hydrogen-bond acceptors (Lipinski definition) is 4. The van der Waals surface area contributed by atoms with E-state index in [0.717, 1.165) is 22.7 Å². The molecule has 0 saturated heterocycles. The van der Waals surface area contributed by atoms with Crippen LogP contribution in [0.1, 0.15) is 22.9 Å². The van der Waals surface area contributed by atoms with Crippen LogP contribution in [0.15, 0.2) is 24.3 Å². The summed E-state index contributed by atoms with van der Waals surface area (Å²) in [7, 11) is 3.47. The SMILES string of the molecule is COc1c(CNCC(O)c2ccc(Cl)cc2)c(C)nn1C. The highest BCUT2D eigenvalue weighted by Crippen LogP contribution is 2.21. The van der Waals surface area contributed by atoms with Crippen molar-refractivity contribution >= 4 is 11.6 Å². The minimum absolute atomic E-state index is 0.444. The highest BCUT2D eigenvalue weighted by Gasteiger charge is 2.14. The third kappa shape index (κ3) is 3.75. The average Bonchev–Trinajstić information content (AvgIpc) is 2.73. The van der Waals surface area contributed by atoms with Crippen LogP contribution in [0.25, 0.3) is 0 Å². The van der Waals surface area contributed by atoms with Crippen LogP contribution in [0.3, 0.4) is 0 Å². The second kappa shape index (κ2) is 6.93. The van der Waals surface area contributed by atoms with Crippen molar-refractivity contribution in [3.8, 4) is 5.88 Å². The van der Waals surface area contributed by atoms with E-state index in [2.05, 4.69) is 10.4 Å². The summed E-state index contributed by atoms with van der Waals surface area (Å²) in [6, 6.07) is 7.19. The number of rotatable bonds is 6. The van der Waals surface area contributed by atoms with Gasteiger partial charge in [0.15, 0.2) is 0 Å². The Morgan fingerprint density at radius 1 is 1.38 bits per heavy atom. The molecule has 1 aromatic carbocycles. The van der Waals surface area contributed by atoms with Crippen molar-refractivity contribution in [3.05, 3.63) is 46.1 Å². The van der Waals surface area contributed by atoms with Crippen LogP contribution >= 0.6 is 11.6 Å². The molecule has 1 unspecified atom stereocenters. The molecule has 2 aromatic rings. The molecule has 0 bridgehead atoms. The Morgan fingerprint density at radius 2 is 2.05 bits per heavy atom. The van der Waals surface area contributed by atoms with Crippen molar-refractivity contribution < 1.29 is 9.84 Å². The fourth-order valence-corrected chi connectivity index (χ4v) is 2.40. The summed E-state index contributed by atoms with van der Waals surface area (Å²) in [5.74, 6) is 0.737. The maximum Gasteiger partial charge on any atom is 0.216 e. The van der Waals surface area contributed by atoms with E-state index in [0.29, 0.717) is 18.1 Å². The number of methoxy groups -OCH3 is 1. The van der Waals surface area contributed by atoms with E-state index in [4.69, 9.17) is 16.3 Å². The van der Waals surface area contributed by atoms with E-state index < -0.39 is 6.10 Å². The molecule has 0 aliphatic rings. The van der Waals surface area contributed by atoms with Crippen molar-refractivity contribution in [1.29, 1.82) is 0 Å². The van der Waals surface area contributed by atoms with E-state index in [-0.39, 0.29) is 0 Å². The number of nitrogens with zero attached hydrogens (tertiary/aromatic N) is 2. The van der Waals surface area contributed by atoms with Gasteiger partial charge in [0.1, 0.15) is 0 Å². The summed E-state index contributed by atoms with van der Waals surface area (Å²) in [5, 5.41) is 18.3. The van der Waals surface area contributed by atoms with E-state index in [1.54, 1.807) is 23.9 Å². The van der Waals surface area contributed by atoms with Gasteiger partial charge in [-0.05, 0) is 24.6 Å². The van der Waals surface area contributed by atoms with Crippen LogP contribution in [0, 0.1) is 6.92 Å². The topological polar surface area (TPSA) is 59.3 Å². The van der Waals surface area contributed by atoms with Gasteiger partial charge in [-0.15, -0.1) is 0 Å². The second-order valence-electron chi connectivity index (χ2n) is 4.90. The fraction of sp³-hybridized carbons (Fsp3) is 0.400. The zero-order chi connectivity index (χ0) is 15.4. The predicted octanol–water partition coefficient (Wildman–Crippen LogP) is 2.21. The van der Waals surface area contributed by atoms with Gasteiger partial charge in [0.2, 0.25) is 5.88 Å². The normalized spacial score (nSPS) is 12.4. The summed E-state index contributed by atoms with van der Waals surface area (Å²) in [4.78, 5) is 0. The van der Waals surface area contributed by atoms with Gasteiger partial charge < -0.3 is 15.2 Å². The summed E-state index contributed by atoms with van der Waals surface area (Å²) < 4.78 is 7.05. The Labute approximate surface area is 129 Å². The number of nitrogens with one attached hydrogen (secondary N) is 1. The van der Waals surface area contributed by atoms with Gasteiger partial charge in [-0.3, -0.25) is 0 Å². The third-order valence-electron chi connectivity index (χ3n) is 3.38. The molecule has 21 heavy (non-hydrogen) atoms. The quantitative estimate of drug-likeness (QED) is 0.859. The molecule has 0 spiro atoms. The Morgan fingerprint density at radius 3 is 2.67 bits per heavy atom. The molecule has 0 aliphatic carbocycles. The van der Waals surface area contributed by atoms with Crippen LogP contribution in [0.2, 0.25) is 5.02 Å². The van der Waals surface area contributed by atoms with Gasteiger partial charge in [-0.1, -0.05) is 23.7 Å². The molecule has 2 rings (SSSR count). The van der Waals surface area contributed by atoms with Crippen LogP contribution in [0.4, 0.5) is 0 Å². The Bertz CT molecular complexity index is 596. The van der Waals surface area contributed by atoms with Crippen molar-refractivity contribution in [2.24, 2.45) is 7.05 Å². The molecule has 5 nitrogen and oxygen atoms in total. The molecule has 1 aromatic heterocycles. The highest BCUT2D eigenvalue weighted by atomic mass is 35.5. The molecule has 0 fully saturated rings. The molecule has 1 atom stereocenters. The van der Waals surface area contributed by atoms with E-state index in [1.165, 1.54) is 0 Å². The van der Waals surface area contributed by atoms with Crippen molar-refractivity contribution in [3.63, 3.8) is 0 Å². The molecule has 2 N–H and O–H groups in total. The van der Waals surface area contributed by atoms with Gasteiger partial charge in [-0.25, -0.2) is 4.68 Å². The number of ether oxygens (including phenoxy) is 1. The number of aromatic nitrogens is 2. The van der Waals surface area contributed by atoms with Crippen molar-refractivity contribution in [1.82, 2.24) is 15.1 Å². The van der Waals surface area contributed by atoms with Gasteiger partial charge in [-0.2, -0.15) is 5.10 Å². The lowest BCUT2D eigenvalue weighted by Gasteiger charge is -2.13. The number of halogens is 1. The average molecular weight is 310 g/mol. The first-order valence-corrected chi connectivity index (χ1v) is 7.11. The van der Waals surface area contributed by atoms with Gasteiger partial charge in [0.05, 0.1) is 24.5 Å². The first kappa shape index (κ1) is 15.8. The molecule has 0 aliphatic heterocycles. The highest BCUT2D eigenvalue weighted by molar-refractivity contribution is 6.30. The fourth-order valence-electron chi connectivity index (χ4n) is 2.28. The predicted molar refractivity (Wildman–Crippen MR) is 82.6 cm³/mol. The largest absolute Gasteiger partial charge is 0.481 e. The van der Waals surface area contributed by atoms with Crippen LogP contribution < -0.4 is 10.1 Å². The van der Waals surface area contributed by atoms with Gasteiger partial charge >= 0.3 is 0 Å². The number of aliphatic hydroxyl groups excluding tert-OH is 1. The maximum atomic E-state index is 10.1. The standard InChI is InChI=1S/C15H20ClN3O2/c1-10-13(15(21-3)19(2)18-10)8-17-9-14(20)11-4-6-12(16)7-5-11/h4-7,14,17,20H,8-9H2,1-3H3. The minimum Gasteiger partial charge on any atom is -0.481 e. The van der Waals surface area contributed by atoms with Gasteiger partial charge in [0, 0.05) is 25.2 Å². The second-order valence-corrected chi connectivity index (χ2v) is 5.33. The van der Waals surface area contributed by atoms with Crippen molar-refractivity contribution in [2.45, 2.75) is 19.6 Å². The lowest BCUT2D eigenvalue weighted by molar-refractivity contribution is 0.174. The van der Waals surface area contributed by atoms with Crippen LogP contribution in [-0.2, 0) is 13.6 Å². The number of aliphatic hydroxyl groups is 1. The zero-order valence-electron chi connectivity index (χ0n) is 12.4. The Kier molecular flexibility index (Phi) is 5.22. The first-order chi connectivity index (χ1) is 10.0. The third-order valence-corrected chi connectivity index (χ3v) is 3.63. The Balaban J connectivity index is 1.94. The van der Waals surface area contributed by atoms with Gasteiger partial charge in [0.25, 0.3) is 0 Å². The first-order valence-electron chi connectivity index (χ1n) is 6.73. The van der Waals surface area contributed by atoms with Crippen LogP contribution in [0.5, 0.6) is 5.88 Å². The molecule has 114 valence electrons. The molecule has 1 heterocycles. The molecule has 0 amide bonds. The summed E-state index contributed by atoms with van der Waals surface area (Å²) in [6.45, 7) is 2.97. The molecule has 0 radical (unpaired) electrons. The lowest BCUT2D eigenvalue weighted by Crippen LogP contribution is -2.21. The van der Waals surface area contributed by atoms with E-state index >= 15 is 0 Å². The number of hydrogen-bond donors (Lipinski definition) is 2. The molecular formula is C15H20ClN3O2. The summed E-state index contributed by atoms with van der Waals surface area (Å²) in [5.41, 5.74) is 2.76. The van der Waals surface area contributed by atoms with Crippen LogP contribution in [-0.4, -0.2) is 28.5 Å². The number of aryl methyl sites for hydroxylation is 2.